The molecule has 3 nitrogen and oxygen atoms in total. The van der Waals surface area contributed by atoms with Crippen LogP contribution in [0.2, 0.25) is 0 Å². The van der Waals surface area contributed by atoms with Gasteiger partial charge in [0.2, 0.25) is 0 Å². The summed E-state index contributed by atoms with van der Waals surface area (Å²) in [6.45, 7) is 2.23. The molecule has 0 saturated carbocycles. The molecule has 4 heteroatoms. The summed E-state index contributed by atoms with van der Waals surface area (Å²) in [5.74, 6) is -0.205. The highest BCUT2D eigenvalue weighted by atomic mass is 19.1. The molecule has 25 heavy (non-hydrogen) atoms. The van der Waals surface area contributed by atoms with Crippen molar-refractivity contribution in [1.82, 2.24) is 14.5 Å². The molecular weight excluding hydrogens is 313 g/mol. The molecular formula is C21H22FN3. The second-order valence-electron chi connectivity index (χ2n) is 6.76. The largest absolute Gasteiger partial charge is 0.344 e. The number of halogens is 1. The second kappa shape index (κ2) is 6.81. The Balaban J connectivity index is 1.81. The first-order chi connectivity index (χ1) is 12.2. The molecule has 128 valence electrons. The molecule has 0 spiro atoms. The Morgan fingerprint density at radius 2 is 1.60 bits per heavy atom. The minimum atomic E-state index is -0.205. The zero-order valence-corrected chi connectivity index (χ0v) is 14.4. The third-order valence-electron chi connectivity index (χ3n) is 5.11. The molecule has 0 atom stereocenters. The van der Waals surface area contributed by atoms with Gasteiger partial charge in [-0.05, 0) is 68.9 Å². The Morgan fingerprint density at radius 1 is 0.920 bits per heavy atom. The fourth-order valence-electron chi connectivity index (χ4n) is 3.70. The molecule has 1 fully saturated rings. The summed E-state index contributed by atoms with van der Waals surface area (Å²) in [6.07, 6.45) is 8.13. The summed E-state index contributed by atoms with van der Waals surface area (Å²) in [4.78, 5) is 6.54. The van der Waals surface area contributed by atoms with Gasteiger partial charge in [-0.3, -0.25) is 4.98 Å². The van der Waals surface area contributed by atoms with E-state index in [9.17, 15) is 4.39 Å². The number of likely N-dealkylation sites (tertiary alicyclic amines) is 1. The number of piperidine rings is 1. The summed E-state index contributed by atoms with van der Waals surface area (Å²) >= 11 is 0. The highest BCUT2D eigenvalue weighted by Gasteiger charge is 2.22. The number of benzene rings is 1. The zero-order chi connectivity index (χ0) is 17.2. The van der Waals surface area contributed by atoms with Crippen LogP contribution in [0.5, 0.6) is 0 Å². The fraction of sp³-hybridized carbons (Fsp3) is 0.286. The first kappa shape index (κ1) is 16.0. The van der Waals surface area contributed by atoms with Crippen LogP contribution >= 0.6 is 0 Å². The lowest BCUT2D eigenvalue weighted by Gasteiger charge is -2.31. The Hall–Kier alpha value is -2.46. The lowest BCUT2D eigenvalue weighted by molar-refractivity contribution is 0.222. The van der Waals surface area contributed by atoms with E-state index in [1.165, 1.54) is 17.8 Å². The van der Waals surface area contributed by atoms with Crippen molar-refractivity contribution in [2.24, 2.45) is 0 Å². The SMILES string of the molecule is CN1CCC(n2ccc(-c3ccc(F)cc3)c2-c2ccncc2)CC1. The molecule has 0 bridgehead atoms. The van der Waals surface area contributed by atoms with Crippen molar-refractivity contribution in [3.8, 4) is 22.4 Å². The van der Waals surface area contributed by atoms with Gasteiger partial charge in [0.05, 0.1) is 5.69 Å². The van der Waals surface area contributed by atoms with Gasteiger partial charge in [-0.25, -0.2) is 4.39 Å². The average molecular weight is 335 g/mol. The number of nitrogens with zero attached hydrogens (tertiary/aromatic N) is 3. The number of aromatic nitrogens is 2. The Labute approximate surface area is 147 Å². The minimum Gasteiger partial charge on any atom is -0.344 e. The van der Waals surface area contributed by atoms with Crippen LogP contribution < -0.4 is 0 Å². The molecule has 0 aliphatic carbocycles. The van der Waals surface area contributed by atoms with Gasteiger partial charge in [0, 0.05) is 35.8 Å². The van der Waals surface area contributed by atoms with E-state index in [-0.39, 0.29) is 5.82 Å². The van der Waals surface area contributed by atoms with Gasteiger partial charge >= 0.3 is 0 Å². The first-order valence-electron chi connectivity index (χ1n) is 8.78. The molecule has 4 rings (SSSR count). The maximum atomic E-state index is 13.3. The monoisotopic (exact) mass is 335 g/mol. The van der Waals surface area contributed by atoms with Crippen molar-refractivity contribution in [2.45, 2.75) is 18.9 Å². The maximum Gasteiger partial charge on any atom is 0.123 e. The highest BCUT2D eigenvalue weighted by molar-refractivity contribution is 5.81. The van der Waals surface area contributed by atoms with Crippen molar-refractivity contribution in [2.75, 3.05) is 20.1 Å². The van der Waals surface area contributed by atoms with Crippen molar-refractivity contribution in [3.05, 3.63) is 66.9 Å². The normalized spacial score (nSPS) is 16.2. The summed E-state index contributed by atoms with van der Waals surface area (Å²) in [5, 5.41) is 0. The molecule has 1 aliphatic rings. The molecule has 0 N–H and O–H groups in total. The molecule has 3 heterocycles. The van der Waals surface area contributed by atoms with Gasteiger partial charge in [0.25, 0.3) is 0 Å². The third kappa shape index (κ3) is 3.22. The summed E-state index contributed by atoms with van der Waals surface area (Å²) in [7, 11) is 2.18. The molecule has 0 amide bonds. The van der Waals surface area contributed by atoms with E-state index in [2.05, 4.69) is 33.8 Å². The van der Waals surface area contributed by atoms with E-state index in [4.69, 9.17) is 0 Å². The van der Waals surface area contributed by atoms with Crippen LogP contribution in [0.15, 0.2) is 61.1 Å². The number of rotatable bonds is 3. The molecule has 1 aromatic carbocycles. The van der Waals surface area contributed by atoms with Crippen LogP contribution in [-0.4, -0.2) is 34.6 Å². The van der Waals surface area contributed by atoms with Gasteiger partial charge in [-0.1, -0.05) is 12.1 Å². The summed E-state index contributed by atoms with van der Waals surface area (Å²) in [6, 6.07) is 13.5. The number of hydrogen-bond acceptors (Lipinski definition) is 2. The quantitative estimate of drug-likeness (QED) is 0.696. The predicted molar refractivity (Wildman–Crippen MR) is 98.8 cm³/mol. The van der Waals surface area contributed by atoms with Crippen molar-refractivity contribution in [1.29, 1.82) is 0 Å². The Morgan fingerprint density at radius 3 is 2.28 bits per heavy atom. The number of pyridine rings is 1. The number of hydrogen-bond donors (Lipinski definition) is 0. The van der Waals surface area contributed by atoms with Crippen LogP contribution in [0.3, 0.4) is 0 Å². The van der Waals surface area contributed by atoms with E-state index >= 15 is 0 Å². The topological polar surface area (TPSA) is 21.1 Å². The predicted octanol–water partition coefficient (Wildman–Crippen LogP) is 4.62. The maximum absolute atomic E-state index is 13.3. The van der Waals surface area contributed by atoms with E-state index in [1.807, 2.05) is 36.7 Å². The van der Waals surface area contributed by atoms with Crippen LogP contribution in [0.25, 0.3) is 22.4 Å². The van der Waals surface area contributed by atoms with Gasteiger partial charge in [-0.2, -0.15) is 0 Å². The third-order valence-corrected chi connectivity index (χ3v) is 5.11. The molecule has 0 unspecified atom stereocenters. The summed E-state index contributed by atoms with van der Waals surface area (Å²) < 4.78 is 15.7. The minimum absolute atomic E-state index is 0.205. The summed E-state index contributed by atoms with van der Waals surface area (Å²) in [5.41, 5.74) is 4.53. The molecule has 2 aromatic heterocycles. The second-order valence-corrected chi connectivity index (χ2v) is 6.76. The first-order valence-corrected chi connectivity index (χ1v) is 8.78. The van der Waals surface area contributed by atoms with Crippen molar-refractivity contribution >= 4 is 0 Å². The fourth-order valence-corrected chi connectivity index (χ4v) is 3.70. The van der Waals surface area contributed by atoms with Crippen molar-refractivity contribution in [3.63, 3.8) is 0 Å². The van der Waals surface area contributed by atoms with Gasteiger partial charge < -0.3 is 9.47 Å². The van der Waals surface area contributed by atoms with Crippen LogP contribution in [0, 0.1) is 5.82 Å². The zero-order valence-electron chi connectivity index (χ0n) is 14.4. The van der Waals surface area contributed by atoms with E-state index in [1.54, 1.807) is 0 Å². The van der Waals surface area contributed by atoms with E-state index < -0.39 is 0 Å². The lowest BCUT2D eigenvalue weighted by Crippen LogP contribution is -2.31. The van der Waals surface area contributed by atoms with Gasteiger partial charge in [0.1, 0.15) is 5.82 Å². The van der Waals surface area contributed by atoms with Crippen molar-refractivity contribution < 1.29 is 4.39 Å². The highest BCUT2D eigenvalue weighted by Crippen LogP contribution is 2.37. The lowest BCUT2D eigenvalue weighted by atomic mass is 10.00. The Bertz CT molecular complexity index is 831. The Kier molecular flexibility index (Phi) is 4.36. The van der Waals surface area contributed by atoms with Crippen LogP contribution in [0.1, 0.15) is 18.9 Å². The van der Waals surface area contributed by atoms with E-state index in [0.29, 0.717) is 6.04 Å². The molecule has 0 radical (unpaired) electrons. The smallest absolute Gasteiger partial charge is 0.123 e. The van der Waals surface area contributed by atoms with Crippen LogP contribution in [-0.2, 0) is 0 Å². The molecule has 1 aliphatic heterocycles. The average Bonchev–Trinajstić information content (AvgIpc) is 3.09. The van der Waals surface area contributed by atoms with Gasteiger partial charge in [0.15, 0.2) is 0 Å². The van der Waals surface area contributed by atoms with E-state index in [0.717, 1.165) is 42.6 Å². The standard InChI is InChI=1S/C21H22FN3/c1-24-13-8-19(9-14-24)25-15-10-20(16-2-4-18(22)5-3-16)21(25)17-6-11-23-12-7-17/h2-7,10-12,15,19H,8-9,13-14H2,1H3. The van der Waals surface area contributed by atoms with Gasteiger partial charge in [-0.15, -0.1) is 0 Å². The molecule has 3 aromatic rings. The van der Waals surface area contributed by atoms with Crippen LogP contribution in [0.4, 0.5) is 4.39 Å². The molecule has 1 saturated heterocycles.